The molecule has 1 aliphatic heterocycles. The molecular weight excluding hydrogens is 156 g/mol. The van der Waals surface area contributed by atoms with Gasteiger partial charge < -0.3 is 15.7 Å². The smallest absolute Gasteiger partial charge is 0.241 e. The molecule has 0 radical (unpaired) electrons. The number of aliphatic hydroxyl groups excluding tert-OH is 1. The third-order valence-electron chi connectivity index (χ3n) is 2.09. The zero-order valence-corrected chi connectivity index (χ0v) is 7.58. The Hall–Kier alpha value is -0.610. The molecule has 12 heavy (non-hydrogen) atoms. The summed E-state index contributed by atoms with van der Waals surface area (Å²) in [5, 5.41) is 8.95. The van der Waals surface area contributed by atoms with E-state index >= 15 is 0 Å². The van der Waals surface area contributed by atoms with E-state index in [0.29, 0.717) is 13.1 Å². The van der Waals surface area contributed by atoms with Gasteiger partial charge in [0, 0.05) is 25.1 Å². The van der Waals surface area contributed by atoms with Gasteiger partial charge in [-0.2, -0.15) is 0 Å². The molecule has 0 spiro atoms. The van der Waals surface area contributed by atoms with Crippen LogP contribution in [0.3, 0.4) is 0 Å². The second-order valence-electron chi connectivity index (χ2n) is 4.15. The van der Waals surface area contributed by atoms with Crippen LogP contribution >= 0.6 is 0 Å². The highest BCUT2D eigenvalue weighted by atomic mass is 16.3. The van der Waals surface area contributed by atoms with Crippen LogP contribution in [0.15, 0.2) is 0 Å². The van der Waals surface area contributed by atoms with Crippen LogP contribution < -0.4 is 5.73 Å². The first kappa shape index (κ1) is 9.48. The molecule has 4 heteroatoms. The van der Waals surface area contributed by atoms with Crippen LogP contribution in [0.5, 0.6) is 0 Å². The van der Waals surface area contributed by atoms with E-state index in [0.717, 1.165) is 0 Å². The maximum absolute atomic E-state index is 11.1. The average Bonchev–Trinajstić information content (AvgIpc) is 2.03. The molecule has 0 aromatic heterocycles. The number of carbonyl (C=O) groups excluding carboxylic acids is 1. The zero-order valence-electron chi connectivity index (χ0n) is 7.58. The van der Waals surface area contributed by atoms with Crippen molar-refractivity contribution in [2.45, 2.75) is 19.9 Å². The van der Waals surface area contributed by atoms with Gasteiger partial charge in [0.25, 0.3) is 0 Å². The van der Waals surface area contributed by atoms with Crippen LogP contribution in [0.25, 0.3) is 0 Å². The Kier molecular flexibility index (Phi) is 2.39. The molecule has 70 valence electrons. The number of likely N-dealkylation sites (tertiary alicyclic amines) is 1. The van der Waals surface area contributed by atoms with E-state index in [9.17, 15) is 4.79 Å². The fourth-order valence-corrected chi connectivity index (χ4v) is 1.24. The van der Waals surface area contributed by atoms with Gasteiger partial charge in [0.1, 0.15) is 6.04 Å². The zero-order chi connectivity index (χ0) is 9.35. The molecule has 1 unspecified atom stereocenters. The summed E-state index contributed by atoms with van der Waals surface area (Å²) in [6.07, 6.45) is 0. The molecular formula is C8H16N2O2. The Morgan fingerprint density at radius 1 is 1.75 bits per heavy atom. The van der Waals surface area contributed by atoms with Gasteiger partial charge in [-0.05, 0) is 0 Å². The Morgan fingerprint density at radius 3 is 2.67 bits per heavy atom. The van der Waals surface area contributed by atoms with E-state index in [-0.39, 0.29) is 24.0 Å². The van der Waals surface area contributed by atoms with Gasteiger partial charge in [0.05, 0.1) is 0 Å². The molecule has 1 rings (SSSR count). The first-order valence-corrected chi connectivity index (χ1v) is 4.11. The predicted molar refractivity (Wildman–Crippen MR) is 45.4 cm³/mol. The topological polar surface area (TPSA) is 66.6 Å². The minimum absolute atomic E-state index is 0.00322. The van der Waals surface area contributed by atoms with Crippen LogP contribution in [-0.4, -0.2) is 41.7 Å². The third-order valence-corrected chi connectivity index (χ3v) is 2.09. The molecule has 1 aliphatic rings. The van der Waals surface area contributed by atoms with Crippen LogP contribution in [0, 0.1) is 5.41 Å². The molecule has 0 bridgehead atoms. The first-order valence-electron chi connectivity index (χ1n) is 4.11. The molecule has 1 fully saturated rings. The summed E-state index contributed by atoms with van der Waals surface area (Å²) in [4.78, 5) is 12.8. The Balaban J connectivity index is 2.39. The molecule has 1 heterocycles. The summed E-state index contributed by atoms with van der Waals surface area (Å²) >= 11 is 0. The van der Waals surface area contributed by atoms with Crippen LogP contribution in [0.1, 0.15) is 13.8 Å². The fourth-order valence-electron chi connectivity index (χ4n) is 1.24. The van der Waals surface area contributed by atoms with E-state index in [1.807, 2.05) is 13.8 Å². The summed E-state index contributed by atoms with van der Waals surface area (Å²) in [6, 6.07) is -0.306. The van der Waals surface area contributed by atoms with Gasteiger partial charge in [0.15, 0.2) is 0 Å². The van der Waals surface area contributed by atoms with Crippen molar-refractivity contribution in [2.75, 3.05) is 19.7 Å². The lowest BCUT2D eigenvalue weighted by molar-refractivity contribution is -0.144. The van der Waals surface area contributed by atoms with Crippen LogP contribution in [0.4, 0.5) is 0 Å². The Labute approximate surface area is 72.3 Å². The minimum Gasteiger partial charge on any atom is -0.396 e. The van der Waals surface area contributed by atoms with E-state index in [2.05, 4.69) is 0 Å². The van der Waals surface area contributed by atoms with Crippen molar-refractivity contribution < 1.29 is 9.90 Å². The third kappa shape index (κ3) is 1.76. The molecule has 0 aliphatic carbocycles. The summed E-state index contributed by atoms with van der Waals surface area (Å²) in [6.45, 7) is 5.15. The van der Waals surface area contributed by atoms with Crippen molar-refractivity contribution in [1.82, 2.24) is 4.90 Å². The van der Waals surface area contributed by atoms with Crippen molar-refractivity contribution in [1.29, 1.82) is 0 Å². The Bertz CT molecular complexity index is 191. The molecule has 0 aromatic rings. The average molecular weight is 172 g/mol. The summed E-state index contributed by atoms with van der Waals surface area (Å²) in [7, 11) is 0. The number of β-lactam (4-membered cyclic amide) rings is 1. The fraction of sp³-hybridized carbons (Fsp3) is 0.875. The van der Waals surface area contributed by atoms with Gasteiger partial charge in [-0.15, -0.1) is 0 Å². The van der Waals surface area contributed by atoms with Crippen LogP contribution in [0.2, 0.25) is 0 Å². The van der Waals surface area contributed by atoms with Gasteiger partial charge in [-0.25, -0.2) is 0 Å². The molecule has 4 nitrogen and oxygen atoms in total. The summed E-state index contributed by atoms with van der Waals surface area (Å²) in [5.41, 5.74) is 5.21. The van der Waals surface area contributed by atoms with Gasteiger partial charge in [-0.1, -0.05) is 13.8 Å². The Morgan fingerprint density at radius 2 is 2.33 bits per heavy atom. The molecule has 1 saturated heterocycles. The van der Waals surface area contributed by atoms with E-state index in [4.69, 9.17) is 10.8 Å². The number of amides is 1. The number of hydrogen-bond acceptors (Lipinski definition) is 3. The van der Waals surface area contributed by atoms with Gasteiger partial charge >= 0.3 is 0 Å². The van der Waals surface area contributed by atoms with E-state index in [1.165, 1.54) is 0 Å². The summed E-state index contributed by atoms with van der Waals surface area (Å²) in [5.74, 6) is -0.00322. The SMILES string of the molecule is CC(C)(CO)CN1CC(N)C1=O. The monoisotopic (exact) mass is 172 g/mol. The lowest BCUT2D eigenvalue weighted by atomic mass is 9.92. The molecule has 3 N–H and O–H groups in total. The van der Waals surface area contributed by atoms with Crippen molar-refractivity contribution in [3.8, 4) is 0 Å². The highest BCUT2D eigenvalue weighted by Gasteiger charge is 2.36. The second kappa shape index (κ2) is 3.03. The van der Waals surface area contributed by atoms with Gasteiger partial charge in [-0.3, -0.25) is 4.79 Å². The molecule has 1 atom stereocenters. The van der Waals surface area contributed by atoms with E-state index < -0.39 is 0 Å². The maximum Gasteiger partial charge on any atom is 0.241 e. The number of nitrogens with zero attached hydrogens (tertiary/aromatic N) is 1. The van der Waals surface area contributed by atoms with Crippen LogP contribution in [-0.2, 0) is 4.79 Å². The number of rotatable bonds is 3. The van der Waals surface area contributed by atoms with Crippen molar-refractivity contribution >= 4 is 5.91 Å². The molecule has 0 aromatic carbocycles. The highest BCUT2D eigenvalue weighted by Crippen LogP contribution is 2.19. The standard InChI is InChI=1S/C8H16N2O2/c1-8(2,5-11)4-10-3-6(9)7(10)12/h6,11H,3-5,9H2,1-2H3. The summed E-state index contributed by atoms with van der Waals surface area (Å²) < 4.78 is 0. The number of hydrogen-bond donors (Lipinski definition) is 2. The van der Waals surface area contributed by atoms with Crippen molar-refractivity contribution in [3.63, 3.8) is 0 Å². The number of carbonyl (C=O) groups is 1. The quantitative estimate of drug-likeness (QED) is 0.546. The predicted octanol–water partition coefficient (Wildman–Crippen LogP) is -0.826. The maximum atomic E-state index is 11.1. The van der Waals surface area contributed by atoms with Gasteiger partial charge in [0.2, 0.25) is 5.91 Å². The highest BCUT2D eigenvalue weighted by molar-refractivity contribution is 5.87. The molecule has 0 saturated carbocycles. The normalized spacial score (nSPS) is 24.2. The van der Waals surface area contributed by atoms with E-state index in [1.54, 1.807) is 4.90 Å². The van der Waals surface area contributed by atoms with Crippen molar-refractivity contribution in [3.05, 3.63) is 0 Å². The number of nitrogens with two attached hydrogens (primary N) is 1. The first-order chi connectivity index (χ1) is 5.46. The van der Waals surface area contributed by atoms with Crippen molar-refractivity contribution in [2.24, 2.45) is 11.1 Å². The molecule has 1 amide bonds. The second-order valence-corrected chi connectivity index (χ2v) is 4.15. The number of aliphatic hydroxyl groups is 1. The minimum atomic E-state index is -0.306. The lowest BCUT2D eigenvalue weighted by Crippen LogP contribution is -2.62. The largest absolute Gasteiger partial charge is 0.396 e. The lowest BCUT2D eigenvalue weighted by Gasteiger charge is -2.40.